The van der Waals surface area contributed by atoms with Crippen molar-refractivity contribution in [1.29, 1.82) is 0 Å². The van der Waals surface area contributed by atoms with Gasteiger partial charge in [0, 0.05) is 6.54 Å². The molecule has 5 heteroatoms. The molecule has 15 heavy (non-hydrogen) atoms. The molecule has 0 aliphatic carbocycles. The average Bonchev–Trinajstić information content (AvgIpc) is 2.15. The van der Waals surface area contributed by atoms with Crippen LogP contribution in [0.1, 0.15) is 13.8 Å². The van der Waals surface area contributed by atoms with Gasteiger partial charge in [0.05, 0.1) is 5.41 Å². The molecule has 0 unspecified atom stereocenters. The van der Waals surface area contributed by atoms with Gasteiger partial charge in [0.25, 0.3) is 0 Å². The SMILES string of the molecule is CC(C)(CNc1cccc(Cl)n1)C(N)=O. The minimum absolute atomic E-state index is 0.350. The van der Waals surface area contributed by atoms with Crippen LogP contribution in [0.2, 0.25) is 5.15 Å². The summed E-state index contributed by atoms with van der Waals surface area (Å²) < 4.78 is 0. The van der Waals surface area contributed by atoms with Crippen molar-refractivity contribution in [3.05, 3.63) is 23.4 Å². The summed E-state index contributed by atoms with van der Waals surface area (Å²) >= 11 is 5.71. The highest BCUT2D eigenvalue weighted by Crippen LogP contribution is 2.16. The number of nitrogens with two attached hydrogens (primary N) is 1. The topological polar surface area (TPSA) is 68.0 Å². The Morgan fingerprint density at radius 1 is 1.60 bits per heavy atom. The Hall–Kier alpha value is -1.29. The van der Waals surface area contributed by atoms with Crippen molar-refractivity contribution in [2.24, 2.45) is 11.1 Å². The van der Waals surface area contributed by atoms with Gasteiger partial charge in [0.2, 0.25) is 5.91 Å². The van der Waals surface area contributed by atoms with Crippen molar-refractivity contribution in [2.75, 3.05) is 11.9 Å². The summed E-state index contributed by atoms with van der Waals surface area (Å²) in [7, 11) is 0. The maximum Gasteiger partial charge on any atom is 0.224 e. The second-order valence-electron chi connectivity index (χ2n) is 3.95. The van der Waals surface area contributed by atoms with E-state index in [1.165, 1.54) is 0 Å². The number of anilines is 1. The number of nitrogens with one attached hydrogen (secondary N) is 1. The zero-order valence-electron chi connectivity index (χ0n) is 8.75. The number of hydrogen-bond acceptors (Lipinski definition) is 3. The van der Waals surface area contributed by atoms with Crippen LogP contribution < -0.4 is 11.1 Å². The molecule has 1 rings (SSSR count). The molecule has 0 saturated carbocycles. The van der Waals surface area contributed by atoms with Crippen LogP contribution in [0.4, 0.5) is 5.82 Å². The summed E-state index contributed by atoms with van der Waals surface area (Å²) in [6.45, 7) is 3.97. The van der Waals surface area contributed by atoms with Gasteiger partial charge < -0.3 is 11.1 Å². The van der Waals surface area contributed by atoms with Gasteiger partial charge in [-0.3, -0.25) is 4.79 Å². The molecule has 4 nitrogen and oxygen atoms in total. The third kappa shape index (κ3) is 3.40. The zero-order valence-corrected chi connectivity index (χ0v) is 9.51. The molecule has 0 atom stereocenters. The van der Waals surface area contributed by atoms with Gasteiger partial charge in [0.1, 0.15) is 11.0 Å². The second-order valence-corrected chi connectivity index (χ2v) is 4.33. The molecule has 82 valence electrons. The standard InChI is InChI=1S/C10H14ClN3O/c1-10(2,9(12)15)6-13-8-5-3-4-7(11)14-8/h3-5H,6H2,1-2H3,(H2,12,15)(H,13,14). The Labute approximate surface area is 93.8 Å². The molecule has 1 aromatic heterocycles. The van der Waals surface area contributed by atoms with E-state index in [1.54, 1.807) is 32.0 Å². The quantitative estimate of drug-likeness (QED) is 0.769. The van der Waals surface area contributed by atoms with E-state index in [-0.39, 0.29) is 5.91 Å². The van der Waals surface area contributed by atoms with Crippen LogP contribution in [0.3, 0.4) is 0 Å². The summed E-state index contributed by atoms with van der Waals surface area (Å²) in [5, 5.41) is 3.42. The Kier molecular flexibility index (Phi) is 3.52. The number of halogens is 1. The number of carbonyl (C=O) groups excluding carboxylic acids is 1. The summed E-state index contributed by atoms with van der Waals surface area (Å²) in [4.78, 5) is 15.1. The third-order valence-corrected chi connectivity index (χ3v) is 2.30. The van der Waals surface area contributed by atoms with Crippen LogP contribution in [-0.2, 0) is 4.79 Å². The first kappa shape index (κ1) is 11.8. The summed E-state index contributed by atoms with van der Waals surface area (Å²) in [6.07, 6.45) is 0. The highest BCUT2D eigenvalue weighted by molar-refractivity contribution is 6.29. The number of pyridine rings is 1. The van der Waals surface area contributed by atoms with Gasteiger partial charge in [-0.2, -0.15) is 0 Å². The van der Waals surface area contributed by atoms with Crippen molar-refractivity contribution in [1.82, 2.24) is 4.98 Å². The Morgan fingerprint density at radius 2 is 2.27 bits per heavy atom. The van der Waals surface area contributed by atoms with Gasteiger partial charge in [-0.1, -0.05) is 17.7 Å². The first-order valence-corrected chi connectivity index (χ1v) is 4.96. The van der Waals surface area contributed by atoms with Crippen molar-refractivity contribution < 1.29 is 4.79 Å². The normalized spacial score (nSPS) is 11.1. The molecule has 1 amide bonds. The highest BCUT2D eigenvalue weighted by Gasteiger charge is 2.24. The fourth-order valence-electron chi connectivity index (χ4n) is 0.905. The largest absolute Gasteiger partial charge is 0.369 e. The number of hydrogen-bond donors (Lipinski definition) is 2. The molecule has 0 radical (unpaired) electrons. The molecule has 0 bridgehead atoms. The summed E-state index contributed by atoms with van der Waals surface area (Å²) in [5.41, 5.74) is 4.63. The number of rotatable bonds is 4. The predicted octanol–water partition coefficient (Wildman–Crippen LogP) is 1.66. The predicted molar refractivity (Wildman–Crippen MR) is 60.7 cm³/mol. The van der Waals surface area contributed by atoms with E-state index in [4.69, 9.17) is 17.3 Å². The maximum atomic E-state index is 11.0. The van der Waals surface area contributed by atoms with E-state index in [2.05, 4.69) is 10.3 Å². The van der Waals surface area contributed by atoms with Gasteiger partial charge >= 0.3 is 0 Å². The van der Waals surface area contributed by atoms with Gasteiger partial charge in [0.15, 0.2) is 0 Å². The highest BCUT2D eigenvalue weighted by atomic mass is 35.5. The molecule has 0 fully saturated rings. The third-order valence-electron chi connectivity index (χ3n) is 2.09. The van der Waals surface area contributed by atoms with Crippen LogP contribution >= 0.6 is 11.6 Å². The van der Waals surface area contributed by atoms with Crippen molar-refractivity contribution in [2.45, 2.75) is 13.8 Å². The van der Waals surface area contributed by atoms with Gasteiger partial charge in [-0.05, 0) is 26.0 Å². The second kappa shape index (κ2) is 4.49. The lowest BCUT2D eigenvalue weighted by Crippen LogP contribution is -2.37. The van der Waals surface area contributed by atoms with Crippen molar-refractivity contribution in [3.8, 4) is 0 Å². The van der Waals surface area contributed by atoms with Crippen molar-refractivity contribution >= 4 is 23.3 Å². The smallest absolute Gasteiger partial charge is 0.224 e. The number of carbonyl (C=O) groups is 1. The molecule has 0 saturated heterocycles. The van der Waals surface area contributed by atoms with Crippen LogP contribution in [0.15, 0.2) is 18.2 Å². The molecular weight excluding hydrogens is 214 g/mol. The first-order chi connectivity index (χ1) is 6.92. The molecule has 0 aromatic carbocycles. The van der Waals surface area contributed by atoms with E-state index in [0.717, 1.165) is 0 Å². The van der Waals surface area contributed by atoms with Crippen LogP contribution in [-0.4, -0.2) is 17.4 Å². The molecule has 1 heterocycles. The van der Waals surface area contributed by atoms with E-state index < -0.39 is 5.41 Å². The Morgan fingerprint density at radius 3 is 2.80 bits per heavy atom. The van der Waals surface area contributed by atoms with Crippen LogP contribution in [0, 0.1) is 5.41 Å². The Bertz CT molecular complexity index is 365. The van der Waals surface area contributed by atoms with Crippen molar-refractivity contribution in [3.63, 3.8) is 0 Å². The Balaban J connectivity index is 2.61. The zero-order chi connectivity index (χ0) is 11.5. The molecule has 3 N–H and O–H groups in total. The minimum Gasteiger partial charge on any atom is -0.369 e. The first-order valence-electron chi connectivity index (χ1n) is 4.58. The lowest BCUT2D eigenvalue weighted by atomic mass is 9.93. The van der Waals surface area contributed by atoms with Crippen LogP contribution in [0.25, 0.3) is 0 Å². The fraction of sp³-hybridized carbons (Fsp3) is 0.400. The molecule has 0 aliphatic rings. The van der Waals surface area contributed by atoms with E-state index >= 15 is 0 Å². The van der Waals surface area contributed by atoms with Gasteiger partial charge in [-0.25, -0.2) is 4.98 Å². The monoisotopic (exact) mass is 227 g/mol. The number of aromatic nitrogens is 1. The summed E-state index contributed by atoms with van der Waals surface area (Å²) in [6, 6.07) is 5.25. The minimum atomic E-state index is -0.607. The molecule has 1 aromatic rings. The molecule has 0 spiro atoms. The lowest BCUT2D eigenvalue weighted by molar-refractivity contribution is -0.125. The molecule has 0 aliphatic heterocycles. The van der Waals surface area contributed by atoms with E-state index in [1.807, 2.05) is 0 Å². The summed E-state index contributed by atoms with van der Waals surface area (Å²) in [5.74, 6) is 0.286. The van der Waals surface area contributed by atoms with Crippen LogP contribution in [0.5, 0.6) is 0 Å². The maximum absolute atomic E-state index is 11.0. The van der Waals surface area contributed by atoms with E-state index in [9.17, 15) is 4.79 Å². The number of amides is 1. The fourth-order valence-corrected chi connectivity index (χ4v) is 1.07. The van der Waals surface area contributed by atoms with E-state index in [0.29, 0.717) is 17.5 Å². The van der Waals surface area contributed by atoms with Gasteiger partial charge in [-0.15, -0.1) is 0 Å². The molecular formula is C10H14ClN3O. The lowest BCUT2D eigenvalue weighted by Gasteiger charge is -2.20. The average molecular weight is 228 g/mol. The number of nitrogens with zero attached hydrogens (tertiary/aromatic N) is 1. The number of primary amides is 1.